The van der Waals surface area contributed by atoms with E-state index in [-0.39, 0.29) is 11.9 Å². The van der Waals surface area contributed by atoms with Crippen molar-refractivity contribution in [2.45, 2.75) is 43.8 Å². The Balaban J connectivity index is 1.49. The molecule has 1 heterocycles. The van der Waals surface area contributed by atoms with E-state index in [1.165, 1.54) is 35.1 Å². The fourth-order valence-corrected chi connectivity index (χ4v) is 4.46. The number of hydrogen-bond donors (Lipinski definition) is 2. The van der Waals surface area contributed by atoms with E-state index in [0.29, 0.717) is 24.4 Å². The van der Waals surface area contributed by atoms with Gasteiger partial charge in [-0.25, -0.2) is 0 Å². The molecular weight excluding hydrogens is 296 g/mol. The fraction of sp³-hybridized carbons (Fsp3) is 0.381. The molecule has 1 saturated carbocycles. The Morgan fingerprint density at radius 1 is 0.875 bits per heavy atom. The van der Waals surface area contributed by atoms with E-state index in [4.69, 9.17) is 0 Å². The number of carbonyl (C=O) groups excluding carboxylic acids is 1. The summed E-state index contributed by atoms with van der Waals surface area (Å²) >= 11 is 0. The molecule has 1 amide bonds. The number of rotatable bonds is 3. The van der Waals surface area contributed by atoms with E-state index in [2.05, 4.69) is 59.2 Å². The second-order valence-electron chi connectivity index (χ2n) is 7.35. The minimum absolute atomic E-state index is 0.220. The molecule has 24 heavy (non-hydrogen) atoms. The van der Waals surface area contributed by atoms with Crippen molar-refractivity contribution in [2.75, 3.05) is 0 Å². The fourth-order valence-electron chi connectivity index (χ4n) is 4.46. The largest absolute Gasteiger partial charge is 0.352 e. The molecule has 2 aromatic rings. The standard InChI is InChI=1S/C21H22N2O/c24-19-12-11-18(20(23-19)13-9-10-13)22-21-16-7-3-1-5-14(16)15-6-2-4-8-17(15)21/h1-8,13,18,20-22H,9-12H2,(H,23,24)/t18-,20-/m1/s1. The first-order chi connectivity index (χ1) is 11.8. The molecule has 3 aliphatic rings. The van der Waals surface area contributed by atoms with Crippen LogP contribution in [-0.4, -0.2) is 18.0 Å². The monoisotopic (exact) mass is 318 g/mol. The van der Waals surface area contributed by atoms with E-state index >= 15 is 0 Å². The Labute approximate surface area is 142 Å². The van der Waals surface area contributed by atoms with Crippen LogP contribution in [-0.2, 0) is 4.79 Å². The van der Waals surface area contributed by atoms with Gasteiger partial charge in [0.05, 0.1) is 6.04 Å². The summed E-state index contributed by atoms with van der Waals surface area (Å²) in [6, 6.07) is 18.3. The highest BCUT2D eigenvalue weighted by Gasteiger charge is 2.41. The Morgan fingerprint density at radius 3 is 2.12 bits per heavy atom. The summed E-state index contributed by atoms with van der Waals surface area (Å²) in [4.78, 5) is 11.8. The van der Waals surface area contributed by atoms with Crippen LogP contribution in [0.2, 0.25) is 0 Å². The maximum absolute atomic E-state index is 11.8. The lowest BCUT2D eigenvalue weighted by molar-refractivity contribution is -0.124. The second-order valence-corrected chi connectivity index (χ2v) is 7.35. The summed E-state index contributed by atoms with van der Waals surface area (Å²) in [6.45, 7) is 0. The zero-order valence-corrected chi connectivity index (χ0v) is 13.7. The van der Waals surface area contributed by atoms with Crippen LogP contribution < -0.4 is 10.6 Å². The molecule has 3 nitrogen and oxygen atoms in total. The lowest BCUT2D eigenvalue weighted by atomic mass is 9.92. The van der Waals surface area contributed by atoms with Gasteiger partial charge in [0.15, 0.2) is 0 Å². The quantitative estimate of drug-likeness (QED) is 0.910. The van der Waals surface area contributed by atoms with Crippen molar-refractivity contribution >= 4 is 5.91 Å². The summed E-state index contributed by atoms with van der Waals surface area (Å²) < 4.78 is 0. The van der Waals surface area contributed by atoms with Gasteiger partial charge in [-0.05, 0) is 47.4 Å². The molecule has 3 heteroatoms. The summed E-state index contributed by atoms with van der Waals surface area (Å²) in [7, 11) is 0. The maximum Gasteiger partial charge on any atom is 0.220 e. The van der Waals surface area contributed by atoms with E-state index in [1.807, 2.05) is 0 Å². The lowest BCUT2D eigenvalue weighted by Crippen LogP contribution is -2.55. The van der Waals surface area contributed by atoms with Crippen molar-refractivity contribution < 1.29 is 4.79 Å². The molecule has 0 bridgehead atoms. The van der Waals surface area contributed by atoms with Crippen molar-refractivity contribution in [2.24, 2.45) is 5.92 Å². The third-order valence-corrected chi connectivity index (χ3v) is 5.79. The van der Waals surface area contributed by atoms with Crippen LogP contribution >= 0.6 is 0 Å². The molecule has 122 valence electrons. The number of fused-ring (bicyclic) bond motifs is 3. The van der Waals surface area contributed by atoms with Gasteiger partial charge in [0.25, 0.3) is 0 Å². The molecule has 5 rings (SSSR count). The van der Waals surface area contributed by atoms with Gasteiger partial charge in [-0.3, -0.25) is 4.79 Å². The van der Waals surface area contributed by atoms with Crippen LogP contribution in [0.25, 0.3) is 11.1 Å². The highest BCUT2D eigenvalue weighted by atomic mass is 16.1. The number of hydrogen-bond acceptors (Lipinski definition) is 2. The smallest absolute Gasteiger partial charge is 0.220 e. The van der Waals surface area contributed by atoms with E-state index in [9.17, 15) is 4.79 Å². The van der Waals surface area contributed by atoms with Crippen molar-refractivity contribution in [3.8, 4) is 11.1 Å². The zero-order chi connectivity index (χ0) is 16.1. The molecule has 0 spiro atoms. The molecule has 0 aromatic heterocycles. The number of carbonyl (C=O) groups is 1. The Bertz CT molecular complexity index is 750. The number of piperidine rings is 1. The van der Waals surface area contributed by atoms with Crippen molar-refractivity contribution in [3.63, 3.8) is 0 Å². The molecule has 2 fully saturated rings. The van der Waals surface area contributed by atoms with Crippen LogP contribution in [0.4, 0.5) is 0 Å². The maximum atomic E-state index is 11.8. The molecule has 0 radical (unpaired) electrons. The van der Waals surface area contributed by atoms with Gasteiger partial charge in [0, 0.05) is 18.5 Å². The highest BCUT2D eigenvalue weighted by Crippen LogP contribution is 2.44. The van der Waals surface area contributed by atoms with Gasteiger partial charge in [0.2, 0.25) is 5.91 Å². The molecular formula is C21H22N2O. The molecule has 1 saturated heterocycles. The SMILES string of the molecule is O=C1CC[C@@H](NC2c3ccccc3-c3ccccc32)[C@@H](C2CC2)N1. The van der Waals surface area contributed by atoms with Crippen LogP contribution in [0.15, 0.2) is 48.5 Å². The van der Waals surface area contributed by atoms with Crippen LogP contribution in [0.5, 0.6) is 0 Å². The third-order valence-electron chi connectivity index (χ3n) is 5.79. The average molecular weight is 318 g/mol. The first-order valence-corrected chi connectivity index (χ1v) is 9.05. The van der Waals surface area contributed by atoms with Gasteiger partial charge in [-0.1, -0.05) is 48.5 Å². The van der Waals surface area contributed by atoms with Gasteiger partial charge in [-0.2, -0.15) is 0 Å². The highest BCUT2D eigenvalue weighted by molar-refractivity contribution is 5.79. The van der Waals surface area contributed by atoms with E-state index < -0.39 is 0 Å². The summed E-state index contributed by atoms with van der Waals surface area (Å²) in [5, 5.41) is 7.16. The van der Waals surface area contributed by atoms with Crippen molar-refractivity contribution in [3.05, 3.63) is 59.7 Å². The van der Waals surface area contributed by atoms with Gasteiger partial charge in [0.1, 0.15) is 0 Å². The summed E-state index contributed by atoms with van der Waals surface area (Å²) in [5.41, 5.74) is 5.41. The first-order valence-electron chi connectivity index (χ1n) is 9.05. The predicted octanol–water partition coefficient (Wildman–Crippen LogP) is 3.40. The van der Waals surface area contributed by atoms with Gasteiger partial charge in [-0.15, -0.1) is 0 Å². The molecule has 1 aliphatic heterocycles. The minimum atomic E-state index is 0.220. The van der Waals surface area contributed by atoms with Gasteiger partial charge >= 0.3 is 0 Å². The normalized spacial score (nSPS) is 25.9. The Kier molecular flexibility index (Phi) is 3.23. The van der Waals surface area contributed by atoms with Crippen molar-refractivity contribution in [1.29, 1.82) is 0 Å². The number of nitrogens with one attached hydrogen (secondary N) is 2. The zero-order valence-electron chi connectivity index (χ0n) is 13.7. The van der Waals surface area contributed by atoms with Crippen molar-refractivity contribution in [1.82, 2.24) is 10.6 Å². The Hall–Kier alpha value is -2.13. The first kappa shape index (κ1) is 14.2. The molecule has 2 aromatic carbocycles. The van der Waals surface area contributed by atoms with Crippen LogP contribution in [0.1, 0.15) is 42.9 Å². The molecule has 2 atom stereocenters. The number of benzene rings is 2. The summed E-state index contributed by atoms with van der Waals surface area (Å²) in [5.74, 6) is 0.885. The average Bonchev–Trinajstić information content (AvgIpc) is 3.41. The second kappa shape index (κ2) is 5.45. The van der Waals surface area contributed by atoms with E-state index in [1.54, 1.807) is 0 Å². The van der Waals surface area contributed by atoms with E-state index in [0.717, 1.165) is 6.42 Å². The lowest BCUT2D eigenvalue weighted by Gasteiger charge is -2.35. The molecule has 0 unspecified atom stereocenters. The molecule has 2 N–H and O–H groups in total. The van der Waals surface area contributed by atoms with Crippen LogP contribution in [0, 0.1) is 5.92 Å². The predicted molar refractivity (Wildman–Crippen MR) is 94.5 cm³/mol. The minimum Gasteiger partial charge on any atom is -0.352 e. The van der Waals surface area contributed by atoms with Gasteiger partial charge < -0.3 is 10.6 Å². The summed E-state index contributed by atoms with van der Waals surface area (Å²) in [6.07, 6.45) is 4.08. The van der Waals surface area contributed by atoms with Crippen LogP contribution in [0.3, 0.4) is 0 Å². The molecule has 2 aliphatic carbocycles. The Morgan fingerprint density at radius 2 is 1.50 bits per heavy atom. The number of amides is 1. The topological polar surface area (TPSA) is 41.1 Å². The third kappa shape index (κ3) is 2.27.